The van der Waals surface area contributed by atoms with Crippen molar-refractivity contribution >= 4 is 48.6 Å². The van der Waals surface area contributed by atoms with Gasteiger partial charge in [-0.1, -0.05) is 75.4 Å². The Morgan fingerprint density at radius 3 is 2.05 bits per heavy atom. The first-order valence-corrected chi connectivity index (χ1v) is 19.0. The van der Waals surface area contributed by atoms with Gasteiger partial charge in [0.2, 0.25) is 16.6 Å². The van der Waals surface area contributed by atoms with E-state index >= 15 is 0 Å². The van der Waals surface area contributed by atoms with E-state index in [1.54, 1.807) is 0 Å². The molecule has 6 rings (SSSR count). The average molecular weight is 518 g/mol. The molecule has 0 atom stereocenters. The van der Waals surface area contributed by atoms with Crippen LogP contribution in [0.3, 0.4) is 0 Å². The fraction of sp³-hybridized carbons (Fsp3) is 0.242. The van der Waals surface area contributed by atoms with Crippen molar-refractivity contribution in [2.24, 2.45) is 0 Å². The second kappa shape index (κ2) is 8.22. The second-order valence-corrected chi connectivity index (χ2v) is 20.4. The van der Waals surface area contributed by atoms with Gasteiger partial charge in [0.25, 0.3) is 0 Å². The monoisotopic (exact) mass is 517 g/mol. The van der Waals surface area contributed by atoms with Crippen molar-refractivity contribution in [3.8, 4) is 22.4 Å². The number of hydrogen-bond acceptors (Lipinski definition) is 2. The lowest BCUT2D eigenvalue weighted by Crippen LogP contribution is -2.43. The van der Waals surface area contributed by atoms with Crippen LogP contribution in [0.2, 0.25) is 26.2 Å². The van der Waals surface area contributed by atoms with Crippen molar-refractivity contribution in [2.45, 2.75) is 52.4 Å². The summed E-state index contributed by atoms with van der Waals surface area (Å²) in [5.41, 5.74) is 6.14. The van der Waals surface area contributed by atoms with Crippen LogP contribution in [0.5, 0.6) is 0 Å². The van der Waals surface area contributed by atoms with E-state index in [0.717, 1.165) is 5.69 Å². The number of aromatic nitrogens is 1. The van der Waals surface area contributed by atoms with Crippen LogP contribution in [-0.4, -0.2) is 21.6 Å². The summed E-state index contributed by atoms with van der Waals surface area (Å²) < 4.78 is 6.67. The molecular formula is C33H35NOSi2. The van der Waals surface area contributed by atoms with E-state index in [1.807, 2.05) is 6.20 Å². The van der Waals surface area contributed by atoms with Gasteiger partial charge in [0.1, 0.15) is 0 Å². The highest BCUT2D eigenvalue weighted by Crippen LogP contribution is 2.37. The second-order valence-electron chi connectivity index (χ2n) is 12.5. The van der Waals surface area contributed by atoms with Gasteiger partial charge in [-0.2, -0.15) is 0 Å². The minimum atomic E-state index is -1.86. The van der Waals surface area contributed by atoms with Gasteiger partial charge >= 0.3 is 0 Å². The zero-order chi connectivity index (χ0) is 26.2. The van der Waals surface area contributed by atoms with E-state index in [4.69, 9.17) is 9.10 Å². The van der Waals surface area contributed by atoms with Crippen LogP contribution in [0.15, 0.2) is 85.1 Å². The van der Waals surface area contributed by atoms with E-state index in [1.165, 1.54) is 54.2 Å². The maximum absolute atomic E-state index is 6.67. The van der Waals surface area contributed by atoms with Crippen molar-refractivity contribution in [1.29, 1.82) is 0 Å². The fourth-order valence-corrected chi connectivity index (χ4v) is 16.4. The summed E-state index contributed by atoms with van der Waals surface area (Å²) in [5.74, 6) is 0. The van der Waals surface area contributed by atoms with Crippen LogP contribution in [-0.2, 0) is 9.53 Å². The van der Waals surface area contributed by atoms with Crippen molar-refractivity contribution in [3.05, 3.63) is 90.6 Å². The minimum Gasteiger partial charge on any atom is -0.449 e. The first-order valence-electron chi connectivity index (χ1n) is 13.2. The summed E-state index contributed by atoms with van der Waals surface area (Å²) in [6, 6.07) is 29.3. The molecule has 0 saturated heterocycles. The largest absolute Gasteiger partial charge is 0.449 e. The van der Waals surface area contributed by atoms with Crippen LogP contribution >= 0.6 is 0 Å². The molecule has 1 aliphatic rings. The first-order chi connectivity index (χ1) is 17.4. The zero-order valence-electron chi connectivity index (χ0n) is 22.9. The Labute approximate surface area is 222 Å². The molecule has 0 fully saturated rings. The highest BCUT2D eigenvalue weighted by atomic mass is 28.4. The number of fused-ring (bicyclic) bond motifs is 3. The van der Waals surface area contributed by atoms with Crippen molar-refractivity contribution < 1.29 is 4.12 Å². The molecule has 0 unspecified atom stereocenters. The maximum atomic E-state index is 6.67. The molecule has 0 bridgehead atoms. The molecule has 0 aliphatic carbocycles. The quantitative estimate of drug-likeness (QED) is 0.222. The van der Waals surface area contributed by atoms with Crippen molar-refractivity contribution in [3.63, 3.8) is 0 Å². The third-order valence-electron chi connectivity index (χ3n) is 7.87. The third kappa shape index (κ3) is 4.08. The Kier molecular flexibility index (Phi) is 5.40. The molecule has 4 aromatic carbocycles. The van der Waals surface area contributed by atoms with Gasteiger partial charge in [-0.05, 0) is 99.1 Å². The Hall–Kier alpha value is -3.06. The number of pyridine rings is 1. The smallest absolute Gasteiger partial charge is 0.206 e. The number of benzene rings is 4. The van der Waals surface area contributed by atoms with Gasteiger partial charge < -0.3 is 4.12 Å². The van der Waals surface area contributed by atoms with Crippen LogP contribution in [0, 0.1) is 0 Å². The molecule has 2 heterocycles. The van der Waals surface area contributed by atoms with Crippen molar-refractivity contribution in [1.82, 2.24) is 4.98 Å². The maximum Gasteiger partial charge on any atom is 0.206 e. The minimum absolute atomic E-state index is 0.0408. The number of nitrogens with zero attached hydrogens (tertiary/aromatic N) is 1. The summed E-state index contributed by atoms with van der Waals surface area (Å²) in [6.07, 6.45) is 1.95. The molecule has 0 saturated carbocycles. The molecule has 1 aliphatic heterocycles. The van der Waals surface area contributed by atoms with Gasteiger partial charge in [-0.3, -0.25) is 4.98 Å². The van der Waals surface area contributed by atoms with Gasteiger partial charge in [0, 0.05) is 17.1 Å². The van der Waals surface area contributed by atoms with Gasteiger partial charge in [-0.25, -0.2) is 0 Å². The molecule has 1 aromatic heterocycles. The van der Waals surface area contributed by atoms with E-state index in [9.17, 15) is 0 Å². The molecule has 5 aromatic rings. The summed E-state index contributed by atoms with van der Waals surface area (Å²) in [7, 11) is -3.65. The highest BCUT2D eigenvalue weighted by Gasteiger charge is 2.46. The normalized spacial score (nSPS) is 16.3. The van der Waals surface area contributed by atoms with E-state index in [2.05, 4.69) is 126 Å². The van der Waals surface area contributed by atoms with Crippen LogP contribution in [0.1, 0.15) is 26.3 Å². The molecule has 0 N–H and O–H groups in total. The lowest BCUT2D eigenvalue weighted by Gasteiger charge is -2.23. The van der Waals surface area contributed by atoms with Crippen LogP contribution in [0.4, 0.5) is 0 Å². The topological polar surface area (TPSA) is 22.1 Å². The standard InChI is InChI=1S/C33H35NOSi2/c1-33(2,3)29-20-26(19-24-10-8-9-11-27(24)29)32-28-14-12-22(18-25(28)16-17-34-32)23-13-15-30-31(21-23)37(6,7)35-36(30,4)5/h8-21H,1-7H3. The third-order valence-corrected chi connectivity index (χ3v) is 15.6. The zero-order valence-corrected chi connectivity index (χ0v) is 24.9. The van der Waals surface area contributed by atoms with Gasteiger partial charge in [0.05, 0.1) is 5.69 Å². The highest BCUT2D eigenvalue weighted by molar-refractivity contribution is 7.05. The summed E-state index contributed by atoms with van der Waals surface area (Å²) in [5, 5.41) is 7.94. The molecule has 186 valence electrons. The Morgan fingerprint density at radius 2 is 1.27 bits per heavy atom. The summed E-state index contributed by atoms with van der Waals surface area (Å²) in [4.78, 5) is 4.89. The Bertz CT molecular complexity index is 1690. The SMILES string of the molecule is CC(C)(C)c1cc(-c2nccc3cc(-c4ccc5c(c4)[Si](C)(C)O[Si]5(C)C)ccc23)cc2ccccc12. The summed E-state index contributed by atoms with van der Waals surface area (Å²) >= 11 is 0. The predicted octanol–water partition coefficient (Wildman–Crippen LogP) is 7.87. The first kappa shape index (κ1) is 24.3. The molecule has 2 nitrogen and oxygen atoms in total. The van der Waals surface area contributed by atoms with Gasteiger partial charge in [-0.15, -0.1) is 0 Å². The Balaban J connectivity index is 1.49. The van der Waals surface area contributed by atoms with Crippen molar-refractivity contribution in [2.75, 3.05) is 0 Å². The number of rotatable bonds is 2. The number of hydrogen-bond donors (Lipinski definition) is 0. The molecule has 4 heteroatoms. The van der Waals surface area contributed by atoms with Crippen LogP contribution in [0.25, 0.3) is 43.9 Å². The lowest BCUT2D eigenvalue weighted by atomic mass is 9.82. The average Bonchev–Trinajstić information content (AvgIpc) is 3.04. The van der Waals surface area contributed by atoms with E-state index < -0.39 is 16.6 Å². The molecule has 0 spiro atoms. The molecule has 0 amide bonds. The lowest BCUT2D eigenvalue weighted by molar-refractivity contribution is 0.583. The van der Waals surface area contributed by atoms with Gasteiger partial charge in [0.15, 0.2) is 0 Å². The summed E-state index contributed by atoms with van der Waals surface area (Å²) in [6.45, 7) is 16.2. The molecular weight excluding hydrogens is 483 g/mol. The molecule has 0 radical (unpaired) electrons. The van der Waals surface area contributed by atoms with E-state index in [0.29, 0.717) is 0 Å². The van der Waals surface area contributed by atoms with Crippen LogP contribution < -0.4 is 10.4 Å². The fourth-order valence-electron chi connectivity index (χ4n) is 6.15. The van der Waals surface area contributed by atoms with E-state index in [-0.39, 0.29) is 5.41 Å². The predicted molar refractivity (Wildman–Crippen MR) is 164 cm³/mol. The molecule has 37 heavy (non-hydrogen) atoms. The Morgan fingerprint density at radius 1 is 0.622 bits per heavy atom.